The third-order valence-corrected chi connectivity index (χ3v) is 4.90. The summed E-state index contributed by atoms with van der Waals surface area (Å²) in [5.74, 6) is -2.38. The van der Waals surface area contributed by atoms with Gasteiger partial charge >= 0.3 is 11.9 Å². The summed E-state index contributed by atoms with van der Waals surface area (Å²) in [6.07, 6.45) is 9.05. The summed E-state index contributed by atoms with van der Waals surface area (Å²) in [4.78, 5) is 32.0. The van der Waals surface area contributed by atoms with Crippen molar-refractivity contribution < 1.29 is 30.0 Å². The predicted molar refractivity (Wildman–Crippen MR) is 124 cm³/mol. The molecule has 3 rings (SSSR count). The number of alkyl halides is 2. The van der Waals surface area contributed by atoms with E-state index < -0.39 is 11.9 Å². The molecule has 0 unspecified atom stereocenters. The van der Waals surface area contributed by atoms with Crippen molar-refractivity contribution in [1.29, 1.82) is 0 Å². The topological polar surface area (TPSA) is 154 Å². The first-order valence-electron chi connectivity index (χ1n) is 8.95. The lowest BCUT2D eigenvalue weighted by Gasteiger charge is -1.96. The number of carboxylic acids is 2. The van der Waals surface area contributed by atoms with E-state index in [1.54, 1.807) is 18.5 Å². The van der Waals surface area contributed by atoms with Gasteiger partial charge in [0.15, 0.2) is 0 Å². The van der Waals surface area contributed by atoms with Crippen molar-refractivity contribution in [1.82, 2.24) is 15.0 Å². The number of carbonyl (C=O) groups is 2. The van der Waals surface area contributed by atoms with Crippen molar-refractivity contribution in [3.05, 3.63) is 88.8 Å². The molecule has 3 aromatic heterocycles. The Labute approximate surface area is 201 Å². The molecule has 0 amide bonds. The first-order chi connectivity index (χ1) is 15.3. The van der Waals surface area contributed by atoms with Crippen LogP contribution in [0.1, 0.15) is 43.0 Å². The lowest BCUT2D eigenvalue weighted by atomic mass is 10.2. The van der Waals surface area contributed by atoms with E-state index in [2.05, 4.69) is 52.9 Å². The second-order valence-corrected chi connectivity index (χ2v) is 7.18. The average molecular weight is 571 g/mol. The molecule has 0 radical (unpaired) electrons. The van der Waals surface area contributed by atoms with Crippen LogP contribution in [0, 0.1) is 0 Å². The number of aliphatic hydroxyl groups is 2. The Morgan fingerprint density at radius 3 is 1.31 bits per heavy atom. The van der Waals surface area contributed by atoms with Crippen molar-refractivity contribution in [2.24, 2.45) is 0 Å². The molecule has 3 heterocycles. The highest BCUT2D eigenvalue weighted by Crippen LogP contribution is 2.09. The zero-order chi connectivity index (χ0) is 23.9. The van der Waals surface area contributed by atoms with Gasteiger partial charge in [-0.15, -0.1) is 0 Å². The Kier molecular flexibility index (Phi) is 12.9. The molecule has 0 saturated carbocycles. The van der Waals surface area contributed by atoms with Crippen molar-refractivity contribution in [3.63, 3.8) is 0 Å². The molecule has 0 bridgehead atoms. The van der Waals surface area contributed by atoms with Crippen LogP contribution in [0.5, 0.6) is 0 Å². The molecule has 32 heavy (non-hydrogen) atoms. The number of aliphatic hydroxyl groups excluding tert-OH is 2. The molecule has 0 aliphatic heterocycles. The summed E-state index contributed by atoms with van der Waals surface area (Å²) in [5.41, 5.74) is 3.64. The van der Waals surface area contributed by atoms with Gasteiger partial charge in [-0.2, -0.15) is 0 Å². The third-order valence-electron chi connectivity index (χ3n) is 3.61. The molecule has 0 spiro atoms. The molecular weight excluding hydrogens is 550 g/mol. The fraction of sp³-hybridized carbons (Fsp3) is 0.190. The summed E-state index contributed by atoms with van der Waals surface area (Å²) in [5, 5.41) is 35.9. The number of rotatable bonds is 6. The highest BCUT2D eigenvalue weighted by Gasteiger charge is 2.07. The van der Waals surface area contributed by atoms with E-state index in [9.17, 15) is 9.59 Å². The van der Waals surface area contributed by atoms with Crippen LogP contribution in [-0.2, 0) is 23.9 Å². The Hall–Kier alpha value is -2.73. The van der Waals surface area contributed by atoms with Crippen LogP contribution in [0.15, 0.2) is 55.4 Å². The Balaban J connectivity index is 0.000000241. The minimum Gasteiger partial charge on any atom is -0.478 e. The normalized spacial score (nSPS) is 9.62. The minimum absolute atomic E-state index is 0.0269. The molecular formula is C21H21Br2N3O6. The monoisotopic (exact) mass is 569 g/mol. The Morgan fingerprint density at radius 2 is 0.969 bits per heavy atom. The van der Waals surface area contributed by atoms with E-state index >= 15 is 0 Å². The lowest BCUT2D eigenvalue weighted by Crippen LogP contribution is -2.02. The van der Waals surface area contributed by atoms with E-state index in [1.807, 2.05) is 12.4 Å². The van der Waals surface area contributed by atoms with Gasteiger partial charge in [0, 0.05) is 47.8 Å². The summed E-state index contributed by atoms with van der Waals surface area (Å²) in [7, 11) is 0. The summed E-state index contributed by atoms with van der Waals surface area (Å²) >= 11 is 6.73. The summed E-state index contributed by atoms with van der Waals surface area (Å²) in [6, 6.07) is 4.89. The molecule has 170 valence electrons. The maximum Gasteiger partial charge on any atom is 0.337 e. The second-order valence-electron chi connectivity index (χ2n) is 6.06. The molecule has 0 aliphatic rings. The highest BCUT2D eigenvalue weighted by molar-refractivity contribution is 9.08. The fourth-order valence-electron chi connectivity index (χ4n) is 2.08. The van der Waals surface area contributed by atoms with Crippen molar-refractivity contribution in [2.75, 3.05) is 0 Å². The van der Waals surface area contributed by atoms with Gasteiger partial charge in [-0.3, -0.25) is 15.0 Å². The molecule has 3 aromatic rings. The number of hydrogen-bond donors (Lipinski definition) is 4. The molecule has 0 aromatic carbocycles. The molecule has 4 N–H and O–H groups in total. The number of aromatic nitrogens is 3. The number of hydrogen-bond acceptors (Lipinski definition) is 7. The second kappa shape index (κ2) is 15.1. The zero-order valence-corrected chi connectivity index (χ0v) is 19.9. The van der Waals surface area contributed by atoms with Gasteiger partial charge in [-0.25, -0.2) is 9.59 Å². The predicted octanol–water partition coefficient (Wildman–Crippen LogP) is 3.42. The molecule has 9 nitrogen and oxygen atoms in total. The van der Waals surface area contributed by atoms with E-state index in [4.69, 9.17) is 20.4 Å². The highest BCUT2D eigenvalue weighted by atomic mass is 79.9. The van der Waals surface area contributed by atoms with Gasteiger partial charge < -0.3 is 20.4 Å². The van der Waals surface area contributed by atoms with Crippen LogP contribution in [0.3, 0.4) is 0 Å². The van der Waals surface area contributed by atoms with Gasteiger partial charge in [-0.1, -0.05) is 37.9 Å². The first kappa shape index (κ1) is 27.3. The maximum atomic E-state index is 10.3. The standard InChI is InChI=1S/C7H7Br2N.C7H5NO4.C7H9NO2/c8-2-6-1-7(3-9)5-10-4-6;9-6(10)4-1-5(7(11)12)3-8-2-4;9-4-6-1-7(5-10)3-8-2-6/h1,4-5H,2-3H2;1-3H,(H,9,10)(H,11,12);1-3,9-10H,4-5H2. The number of nitrogens with zero attached hydrogens (tertiary/aromatic N) is 3. The van der Waals surface area contributed by atoms with Crippen molar-refractivity contribution in [2.45, 2.75) is 23.9 Å². The molecule has 0 saturated heterocycles. The van der Waals surface area contributed by atoms with Crippen LogP contribution in [-0.4, -0.2) is 47.3 Å². The number of carboxylic acid groups (broad SMARTS) is 2. The quantitative estimate of drug-likeness (QED) is 0.326. The van der Waals surface area contributed by atoms with Crippen LogP contribution < -0.4 is 0 Å². The van der Waals surface area contributed by atoms with Gasteiger partial charge in [0.1, 0.15) is 0 Å². The van der Waals surface area contributed by atoms with E-state index in [0.29, 0.717) is 0 Å². The number of pyridine rings is 3. The van der Waals surface area contributed by atoms with E-state index in [1.165, 1.54) is 11.1 Å². The number of aromatic carboxylic acids is 2. The van der Waals surface area contributed by atoms with E-state index in [0.717, 1.165) is 40.2 Å². The van der Waals surface area contributed by atoms with Gasteiger partial charge in [-0.05, 0) is 34.4 Å². The maximum absolute atomic E-state index is 10.3. The van der Waals surface area contributed by atoms with Gasteiger partial charge in [0.2, 0.25) is 0 Å². The van der Waals surface area contributed by atoms with Crippen molar-refractivity contribution >= 4 is 43.8 Å². The minimum atomic E-state index is -1.19. The zero-order valence-electron chi connectivity index (χ0n) is 16.7. The van der Waals surface area contributed by atoms with Crippen LogP contribution in [0.25, 0.3) is 0 Å². The molecule has 0 fully saturated rings. The third kappa shape index (κ3) is 10.1. The van der Waals surface area contributed by atoms with Crippen LogP contribution >= 0.6 is 31.9 Å². The summed E-state index contributed by atoms with van der Waals surface area (Å²) < 4.78 is 0. The van der Waals surface area contributed by atoms with E-state index in [-0.39, 0.29) is 24.3 Å². The number of halogens is 2. The largest absolute Gasteiger partial charge is 0.478 e. The van der Waals surface area contributed by atoms with Gasteiger partial charge in [0.05, 0.1) is 24.3 Å². The average Bonchev–Trinajstić information content (AvgIpc) is 2.84. The van der Waals surface area contributed by atoms with Crippen LogP contribution in [0.2, 0.25) is 0 Å². The summed E-state index contributed by atoms with van der Waals surface area (Å²) in [6.45, 7) is -0.0539. The first-order valence-corrected chi connectivity index (χ1v) is 11.2. The van der Waals surface area contributed by atoms with Gasteiger partial charge in [0.25, 0.3) is 0 Å². The molecule has 0 atom stereocenters. The van der Waals surface area contributed by atoms with Crippen LogP contribution in [0.4, 0.5) is 0 Å². The lowest BCUT2D eigenvalue weighted by molar-refractivity contribution is 0.0696. The molecule has 11 heteroatoms. The smallest absolute Gasteiger partial charge is 0.337 e. The Bertz CT molecular complexity index is 905. The SMILES string of the molecule is BrCc1cncc(CBr)c1.O=C(O)c1cncc(C(=O)O)c1.OCc1cncc(CO)c1. The van der Waals surface area contributed by atoms with Crippen molar-refractivity contribution in [3.8, 4) is 0 Å². The Morgan fingerprint density at radius 1 is 0.625 bits per heavy atom. The molecule has 0 aliphatic carbocycles. The fourth-order valence-corrected chi connectivity index (χ4v) is 2.69.